The number of nitrogens with zero attached hydrogens (tertiary/aromatic N) is 2. The fraction of sp³-hybridized carbons (Fsp3) is 0.333. The van der Waals surface area contributed by atoms with Gasteiger partial charge in [-0.1, -0.05) is 12.1 Å². The SMILES string of the molecule is COc1cccc([C@H]2C(C(=O)/C=C/c3ccco3)=C(O)C(=O)N2CCN2CCOCC2)c1. The molecule has 0 radical (unpaired) electrons. The predicted molar refractivity (Wildman–Crippen MR) is 117 cm³/mol. The van der Waals surface area contributed by atoms with Crippen molar-refractivity contribution in [1.82, 2.24) is 9.80 Å². The van der Waals surface area contributed by atoms with Gasteiger partial charge < -0.3 is 23.9 Å². The average molecular weight is 438 g/mol. The zero-order chi connectivity index (χ0) is 22.5. The Bertz CT molecular complexity index is 1020. The normalized spacial score (nSPS) is 19.8. The lowest BCUT2D eigenvalue weighted by molar-refractivity contribution is -0.129. The number of allylic oxidation sites excluding steroid dienone is 1. The van der Waals surface area contributed by atoms with Crippen molar-refractivity contribution in [1.29, 1.82) is 0 Å². The largest absolute Gasteiger partial charge is 0.503 e. The Balaban J connectivity index is 1.64. The Morgan fingerprint density at radius 2 is 2.03 bits per heavy atom. The maximum atomic E-state index is 13.1. The number of carbonyl (C=O) groups excluding carboxylic acids is 2. The predicted octanol–water partition coefficient (Wildman–Crippen LogP) is 2.60. The summed E-state index contributed by atoms with van der Waals surface area (Å²) in [5.74, 6) is -0.416. The lowest BCUT2D eigenvalue weighted by Gasteiger charge is -2.31. The minimum atomic E-state index is -0.715. The molecule has 1 amide bonds. The highest BCUT2D eigenvalue weighted by Gasteiger charge is 2.43. The fourth-order valence-electron chi connectivity index (χ4n) is 4.00. The first-order valence-electron chi connectivity index (χ1n) is 10.5. The Kier molecular flexibility index (Phi) is 6.72. The summed E-state index contributed by atoms with van der Waals surface area (Å²) in [6.45, 7) is 3.85. The van der Waals surface area contributed by atoms with E-state index in [4.69, 9.17) is 13.9 Å². The molecule has 8 nitrogen and oxygen atoms in total. The first kappa shape index (κ1) is 21.9. The summed E-state index contributed by atoms with van der Waals surface area (Å²) in [6.07, 6.45) is 4.34. The Morgan fingerprint density at radius 1 is 1.22 bits per heavy atom. The molecule has 3 heterocycles. The van der Waals surface area contributed by atoms with E-state index >= 15 is 0 Å². The van der Waals surface area contributed by atoms with E-state index in [2.05, 4.69) is 4.90 Å². The number of furan rings is 1. The number of hydrogen-bond acceptors (Lipinski definition) is 7. The molecule has 1 aromatic carbocycles. The van der Waals surface area contributed by atoms with E-state index in [0.717, 1.165) is 13.1 Å². The molecule has 0 bridgehead atoms. The van der Waals surface area contributed by atoms with Crippen molar-refractivity contribution in [3.8, 4) is 5.75 Å². The van der Waals surface area contributed by atoms with Crippen LogP contribution in [-0.2, 0) is 14.3 Å². The first-order valence-corrected chi connectivity index (χ1v) is 10.5. The molecule has 2 aliphatic rings. The molecule has 0 unspecified atom stereocenters. The molecule has 0 spiro atoms. The maximum Gasteiger partial charge on any atom is 0.290 e. The molecule has 2 aliphatic heterocycles. The van der Waals surface area contributed by atoms with E-state index < -0.39 is 23.5 Å². The van der Waals surface area contributed by atoms with Gasteiger partial charge in [0.05, 0.1) is 38.2 Å². The van der Waals surface area contributed by atoms with Crippen LogP contribution in [0.15, 0.2) is 64.5 Å². The molecule has 0 saturated carbocycles. The van der Waals surface area contributed by atoms with E-state index in [1.54, 1.807) is 42.3 Å². The van der Waals surface area contributed by atoms with Crippen LogP contribution in [0.25, 0.3) is 6.08 Å². The number of carbonyl (C=O) groups is 2. The average Bonchev–Trinajstić information content (AvgIpc) is 3.44. The van der Waals surface area contributed by atoms with Gasteiger partial charge in [-0.05, 0) is 42.0 Å². The molecule has 4 rings (SSSR count). The number of benzene rings is 1. The molecule has 1 aromatic heterocycles. The molecule has 1 atom stereocenters. The molecule has 2 aromatic rings. The fourth-order valence-corrected chi connectivity index (χ4v) is 4.00. The second-order valence-electron chi connectivity index (χ2n) is 7.61. The summed E-state index contributed by atoms with van der Waals surface area (Å²) < 4.78 is 16.0. The highest BCUT2D eigenvalue weighted by atomic mass is 16.5. The summed E-state index contributed by atoms with van der Waals surface area (Å²) in [4.78, 5) is 29.9. The molecule has 8 heteroatoms. The van der Waals surface area contributed by atoms with Gasteiger partial charge in [0, 0.05) is 26.2 Å². The summed E-state index contributed by atoms with van der Waals surface area (Å²) in [5.41, 5.74) is 0.742. The van der Waals surface area contributed by atoms with Crippen LogP contribution < -0.4 is 4.74 Å². The third kappa shape index (κ3) is 4.61. The minimum Gasteiger partial charge on any atom is -0.503 e. The lowest BCUT2D eigenvalue weighted by Crippen LogP contribution is -2.43. The number of morpholine rings is 1. The Morgan fingerprint density at radius 3 is 2.75 bits per heavy atom. The third-order valence-electron chi connectivity index (χ3n) is 5.68. The van der Waals surface area contributed by atoms with Crippen LogP contribution in [0.5, 0.6) is 5.75 Å². The zero-order valence-corrected chi connectivity index (χ0v) is 17.9. The summed E-state index contributed by atoms with van der Waals surface area (Å²) in [7, 11) is 1.56. The van der Waals surface area contributed by atoms with Crippen LogP contribution >= 0.6 is 0 Å². The van der Waals surface area contributed by atoms with E-state index in [1.165, 1.54) is 18.4 Å². The van der Waals surface area contributed by atoms with E-state index in [9.17, 15) is 14.7 Å². The van der Waals surface area contributed by atoms with Crippen LogP contribution in [0.2, 0.25) is 0 Å². The topological polar surface area (TPSA) is 92.5 Å². The minimum absolute atomic E-state index is 0.0491. The second-order valence-corrected chi connectivity index (χ2v) is 7.61. The van der Waals surface area contributed by atoms with Crippen molar-refractivity contribution in [3.63, 3.8) is 0 Å². The monoisotopic (exact) mass is 438 g/mol. The number of amides is 1. The molecule has 1 N–H and O–H groups in total. The van der Waals surface area contributed by atoms with Gasteiger partial charge in [-0.25, -0.2) is 0 Å². The highest BCUT2D eigenvalue weighted by Crippen LogP contribution is 2.38. The summed E-state index contributed by atoms with van der Waals surface area (Å²) >= 11 is 0. The molecule has 1 saturated heterocycles. The number of aliphatic hydroxyl groups is 1. The quantitative estimate of drug-likeness (QED) is 0.634. The van der Waals surface area contributed by atoms with Crippen molar-refractivity contribution >= 4 is 17.8 Å². The third-order valence-corrected chi connectivity index (χ3v) is 5.68. The zero-order valence-electron chi connectivity index (χ0n) is 17.9. The smallest absolute Gasteiger partial charge is 0.290 e. The number of ether oxygens (including phenoxy) is 2. The number of methoxy groups -OCH3 is 1. The molecule has 32 heavy (non-hydrogen) atoms. The van der Waals surface area contributed by atoms with Gasteiger partial charge in [0.25, 0.3) is 5.91 Å². The van der Waals surface area contributed by atoms with Gasteiger partial charge in [0.2, 0.25) is 0 Å². The molecule has 1 fully saturated rings. The van der Waals surface area contributed by atoms with Crippen LogP contribution in [-0.4, -0.2) is 73.1 Å². The summed E-state index contributed by atoms with van der Waals surface area (Å²) in [6, 6.07) is 9.91. The highest BCUT2D eigenvalue weighted by molar-refractivity contribution is 6.14. The second kappa shape index (κ2) is 9.84. The summed E-state index contributed by atoms with van der Waals surface area (Å²) in [5, 5.41) is 10.7. The van der Waals surface area contributed by atoms with E-state index in [1.807, 2.05) is 6.07 Å². The standard InChI is InChI=1S/C24H26N2O6/c1-30-19-5-2-4-17(16-19)22-21(20(27)8-7-18-6-3-13-32-18)23(28)24(29)26(22)10-9-25-11-14-31-15-12-25/h2-8,13,16,22,28H,9-12,14-15H2,1H3/b8-7+/t22-/m0/s1. The first-order chi connectivity index (χ1) is 15.6. The van der Waals surface area contributed by atoms with Crippen molar-refractivity contribution in [3.05, 3.63) is 71.4 Å². The van der Waals surface area contributed by atoms with E-state index in [-0.39, 0.29) is 5.57 Å². The van der Waals surface area contributed by atoms with Crippen LogP contribution in [0.4, 0.5) is 0 Å². The van der Waals surface area contributed by atoms with Gasteiger partial charge in [-0.15, -0.1) is 0 Å². The molecule has 168 valence electrons. The van der Waals surface area contributed by atoms with Crippen molar-refractivity contribution in [2.45, 2.75) is 6.04 Å². The van der Waals surface area contributed by atoms with Crippen molar-refractivity contribution in [2.24, 2.45) is 0 Å². The molecular weight excluding hydrogens is 412 g/mol. The Labute approximate surface area is 186 Å². The van der Waals surface area contributed by atoms with Crippen LogP contribution in [0, 0.1) is 0 Å². The van der Waals surface area contributed by atoms with Crippen molar-refractivity contribution < 1.29 is 28.6 Å². The van der Waals surface area contributed by atoms with Gasteiger partial charge >= 0.3 is 0 Å². The number of ketones is 1. The Hall–Kier alpha value is -3.36. The maximum absolute atomic E-state index is 13.1. The molecule has 0 aliphatic carbocycles. The van der Waals surface area contributed by atoms with Crippen LogP contribution in [0.1, 0.15) is 17.4 Å². The van der Waals surface area contributed by atoms with Gasteiger partial charge in [-0.2, -0.15) is 0 Å². The van der Waals surface area contributed by atoms with Crippen LogP contribution in [0.3, 0.4) is 0 Å². The van der Waals surface area contributed by atoms with Crippen molar-refractivity contribution in [2.75, 3.05) is 46.5 Å². The van der Waals surface area contributed by atoms with Gasteiger partial charge in [-0.3, -0.25) is 14.5 Å². The van der Waals surface area contributed by atoms with Gasteiger partial charge in [0.1, 0.15) is 11.5 Å². The van der Waals surface area contributed by atoms with E-state index in [0.29, 0.717) is 43.4 Å². The number of aliphatic hydroxyl groups excluding tert-OH is 1. The number of rotatable bonds is 8. The molecular formula is C24H26N2O6. The number of hydrogen-bond donors (Lipinski definition) is 1. The lowest BCUT2D eigenvalue weighted by atomic mass is 9.95. The van der Waals surface area contributed by atoms with Gasteiger partial charge in [0.15, 0.2) is 11.5 Å².